The number of carbonyl (C=O) groups excluding carboxylic acids is 2. The van der Waals surface area contributed by atoms with Crippen LogP contribution in [0.4, 0.5) is 10.5 Å². The maximum atomic E-state index is 12.6. The van der Waals surface area contributed by atoms with Crippen molar-refractivity contribution < 1.29 is 14.3 Å². The van der Waals surface area contributed by atoms with Crippen molar-refractivity contribution in [2.24, 2.45) is 11.7 Å². The first kappa shape index (κ1) is 15.7. The third-order valence-corrected chi connectivity index (χ3v) is 5.38. The van der Waals surface area contributed by atoms with Crippen molar-refractivity contribution >= 4 is 29.3 Å². The van der Waals surface area contributed by atoms with Crippen LogP contribution in [0.25, 0.3) is 0 Å². The molecular weight excluding hydrogens is 330 g/mol. The maximum absolute atomic E-state index is 12.6. The number of benzene rings is 1. The van der Waals surface area contributed by atoms with E-state index in [1.807, 2.05) is 0 Å². The van der Waals surface area contributed by atoms with E-state index >= 15 is 0 Å². The summed E-state index contributed by atoms with van der Waals surface area (Å²) in [5.41, 5.74) is 6.74. The Hall–Kier alpha value is -1.79. The molecule has 1 saturated carbocycles. The number of likely N-dealkylation sites (tertiary alicyclic amines) is 1. The Bertz CT molecular complexity index is 706. The lowest BCUT2D eigenvalue weighted by Gasteiger charge is -2.35. The number of ether oxygens (including phenoxy) is 1. The van der Waals surface area contributed by atoms with Crippen LogP contribution in [-0.2, 0) is 15.1 Å². The van der Waals surface area contributed by atoms with Gasteiger partial charge in [-0.1, -0.05) is 24.4 Å². The summed E-state index contributed by atoms with van der Waals surface area (Å²) in [6.45, 7) is 0.849. The van der Waals surface area contributed by atoms with Gasteiger partial charge in [-0.05, 0) is 30.5 Å². The van der Waals surface area contributed by atoms with Gasteiger partial charge in [0, 0.05) is 23.6 Å². The standard InChI is InChI=1S/C17H20ClN3O3/c18-11-3-4-14-12(8-11)17(24-16(23)20-14)5-6-21(9-17)15(22)13(19)7-10-1-2-10/h3-4,8,10,13H,1-2,5-7,9,19H2,(H,20,23)/t13-,17?/m0/s1. The molecule has 1 aromatic carbocycles. The van der Waals surface area contributed by atoms with Gasteiger partial charge in [0.25, 0.3) is 0 Å². The van der Waals surface area contributed by atoms with Gasteiger partial charge < -0.3 is 15.4 Å². The quantitative estimate of drug-likeness (QED) is 0.877. The molecule has 2 aliphatic heterocycles. The Morgan fingerprint density at radius 3 is 3.04 bits per heavy atom. The zero-order valence-electron chi connectivity index (χ0n) is 13.3. The van der Waals surface area contributed by atoms with Crippen LogP contribution in [0.1, 0.15) is 31.2 Å². The number of rotatable bonds is 3. The predicted molar refractivity (Wildman–Crippen MR) is 89.7 cm³/mol. The Labute approximate surface area is 145 Å². The van der Waals surface area contributed by atoms with Gasteiger partial charge in [0.15, 0.2) is 5.60 Å². The van der Waals surface area contributed by atoms with E-state index in [9.17, 15) is 9.59 Å². The average molecular weight is 350 g/mol. The highest BCUT2D eigenvalue weighted by Gasteiger charge is 2.49. The van der Waals surface area contributed by atoms with Crippen LogP contribution >= 0.6 is 11.6 Å². The summed E-state index contributed by atoms with van der Waals surface area (Å²) in [6.07, 6.45) is 3.13. The first-order valence-corrected chi connectivity index (χ1v) is 8.69. The molecule has 4 rings (SSSR count). The molecule has 2 heterocycles. The second-order valence-corrected chi connectivity index (χ2v) is 7.43. The van der Waals surface area contributed by atoms with E-state index in [-0.39, 0.29) is 5.91 Å². The number of carbonyl (C=O) groups is 2. The first-order valence-electron chi connectivity index (χ1n) is 8.31. The summed E-state index contributed by atoms with van der Waals surface area (Å²) in [5, 5.41) is 3.26. The normalized spacial score (nSPS) is 26.8. The summed E-state index contributed by atoms with van der Waals surface area (Å²) in [4.78, 5) is 26.3. The lowest BCUT2D eigenvalue weighted by Crippen LogP contribution is -2.46. The molecule has 128 valence electrons. The zero-order chi connectivity index (χ0) is 16.9. The number of anilines is 1. The lowest BCUT2D eigenvalue weighted by atomic mass is 9.90. The molecule has 7 heteroatoms. The largest absolute Gasteiger partial charge is 0.436 e. The molecule has 2 atom stereocenters. The Kier molecular flexibility index (Phi) is 3.69. The average Bonchev–Trinajstić information content (AvgIpc) is 3.26. The minimum absolute atomic E-state index is 0.0584. The molecule has 24 heavy (non-hydrogen) atoms. The van der Waals surface area contributed by atoms with Crippen LogP contribution in [0.3, 0.4) is 0 Å². The summed E-state index contributed by atoms with van der Waals surface area (Å²) in [7, 11) is 0. The minimum atomic E-state index is -0.836. The van der Waals surface area contributed by atoms with E-state index in [4.69, 9.17) is 22.1 Å². The highest BCUT2D eigenvalue weighted by Crippen LogP contribution is 2.44. The molecule has 2 amide bonds. The summed E-state index contributed by atoms with van der Waals surface area (Å²) in [5.74, 6) is 0.536. The molecule has 1 aromatic rings. The third kappa shape index (κ3) is 2.74. The van der Waals surface area contributed by atoms with Crippen LogP contribution in [0.5, 0.6) is 0 Å². The van der Waals surface area contributed by atoms with Crippen molar-refractivity contribution in [1.82, 2.24) is 4.90 Å². The van der Waals surface area contributed by atoms with E-state index < -0.39 is 17.7 Å². The van der Waals surface area contributed by atoms with Gasteiger partial charge in [-0.3, -0.25) is 10.1 Å². The Morgan fingerprint density at radius 2 is 2.29 bits per heavy atom. The van der Waals surface area contributed by atoms with E-state index in [1.165, 1.54) is 12.8 Å². The summed E-state index contributed by atoms with van der Waals surface area (Å²) in [6, 6.07) is 4.82. The maximum Gasteiger partial charge on any atom is 0.412 e. The fraction of sp³-hybridized carbons (Fsp3) is 0.529. The van der Waals surface area contributed by atoms with Gasteiger partial charge in [0.1, 0.15) is 0 Å². The summed E-state index contributed by atoms with van der Waals surface area (Å²) >= 11 is 6.12. The number of amides is 2. The fourth-order valence-electron chi connectivity index (χ4n) is 3.69. The van der Waals surface area contributed by atoms with Gasteiger partial charge in [-0.25, -0.2) is 4.79 Å². The second-order valence-electron chi connectivity index (χ2n) is 6.99. The molecule has 3 aliphatic rings. The van der Waals surface area contributed by atoms with Gasteiger partial charge in [-0.2, -0.15) is 0 Å². The van der Waals surface area contributed by atoms with E-state index in [0.717, 1.165) is 12.0 Å². The molecule has 6 nitrogen and oxygen atoms in total. The molecule has 0 radical (unpaired) electrons. The number of hydrogen-bond donors (Lipinski definition) is 2. The number of nitrogens with two attached hydrogens (primary N) is 1. The van der Waals surface area contributed by atoms with Crippen molar-refractivity contribution in [3.05, 3.63) is 28.8 Å². The van der Waals surface area contributed by atoms with Crippen LogP contribution < -0.4 is 11.1 Å². The monoisotopic (exact) mass is 349 g/mol. The molecule has 1 unspecified atom stereocenters. The zero-order valence-corrected chi connectivity index (χ0v) is 14.0. The number of nitrogens with zero attached hydrogens (tertiary/aromatic N) is 1. The van der Waals surface area contributed by atoms with E-state index in [2.05, 4.69) is 5.32 Å². The second kappa shape index (κ2) is 5.63. The minimum Gasteiger partial charge on any atom is -0.436 e. The van der Waals surface area contributed by atoms with Crippen molar-refractivity contribution in [3.63, 3.8) is 0 Å². The smallest absolute Gasteiger partial charge is 0.412 e. The molecule has 1 saturated heterocycles. The number of fused-ring (bicyclic) bond motifs is 2. The molecule has 3 N–H and O–H groups in total. The van der Waals surface area contributed by atoms with Gasteiger partial charge in [-0.15, -0.1) is 0 Å². The molecule has 1 aliphatic carbocycles. The van der Waals surface area contributed by atoms with Crippen molar-refractivity contribution in [2.75, 3.05) is 18.4 Å². The van der Waals surface area contributed by atoms with Gasteiger partial charge in [0.2, 0.25) is 5.91 Å². The summed E-state index contributed by atoms with van der Waals surface area (Å²) < 4.78 is 5.63. The Morgan fingerprint density at radius 1 is 1.50 bits per heavy atom. The van der Waals surface area contributed by atoms with Crippen molar-refractivity contribution in [3.8, 4) is 0 Å². The molecule has 2 fully saturated rings. The van der Waals surface area contributed by atoms with E-state index in [1.54, 1.807) is 23.1 Å². The fourth-order valence-corrected chi connectivity index (χ4v) is 3.86. The predicted octanol–water partition coefficient (Wildman–Crippen LogP) is 2.46. The lowest BCUT2D eigenvalue weighted by molar-refractivity contribution is -0.132. The van der Waals surface area contributed by atoms with Crippen LogP contribution in [0.2, 0.25) is 5.02 Å². The molecular formula is C17H20ClN3O3. The number of halogens is 1. The van der Waals surface area contributed by atoms with Gasteiger partial charge >= 0.3 is 6.09 Å². The molecule has 0 bridgehead atoms. The van der Waals surface area contributed by atoms with Crippen LogP contribution in [0, 0.1) is 5.92 Å². The highest BCUT2D eigenvalue weighted by molar-refractivity contribution is 6.30. The Balaban J connectivity index is 1.57. The number of nitrogens with one attached hydrogen (secondary N) is 1. The van der Waals surface area contributed by atoms with Gasteiger partial charge in [0.05, 0.1) is 18.3 Å². The third-order valence-electron chi connectivity index (χ3n) is 5.14. The molecule has 0 aromatic heterocycles. The van der Waals surface area contributed by atoms with E-state index in [0.29, 0.717) is 36.1 Å². The van der Waals surface area contributed by atoms with Crippen molar-refractivity contribution in [1.29, 1.82) is 0 Å². The van der Waals surface area contributed by atoms with Crippen molar-refractivity contribution in [2.45, 2.75) is 37.3 Å². The topological polar surface area (TPSA) is 84.7 Å². The number of hydrogen-bond acceptors (Lipinski definition) is 4. The SMILES string of the molecule is N[C@@H](CC1CC1)C(=O)N1CCC2(C1)OC(=O)Nc1ccc(Cl)cc12. The first-order chi connectivity index (χ1) is 11.5. The highest BCUT2D eigenvalue weighted by atomic mass is 35.5. The molecule has 1 spiro atoms. The van der Waals surface area contributed by atoms with Crippen LogP contribution in [-0.4, -0.2) is 36.0 Å². The van der Waals surface area contributed by atoms with Crippen LogP contribution in [0.15, 0.2) is 18.2 Å².